The molecule has 0 saturated heterocycles. The molecule has 16 heteroatoms. The molecule has 1 aromatic carbocycles. The fourth-order valence-electron chi connectivity index (χ4n) is 3.79. The third kappa shape index (κ3) is 9.77. The number of guanidine groups is 1. The zero-order valence-corrected chi connectivity index (χ0v) is 22.4. The van der Waals surface area contributed by atoms with Crippen molar-refractivity contribution >= 4 is 59.2 Å². The molecule has 0 bridgehead atoms. The van der Waals surface area contributed by atoms with Gasteiger partial charge in [0.25, 0.3) is 0 Å². The second-order valence-corrected chi connectivity index (χ2v) is 9.29. The van der Waals surface area contributed by atoms with Gasteiger partial charge in [-0.1, -0.05) is 18.2 Å². The Bertz CT molecular complexity index is 1250. The van der Waals surface area contributed by atoms with E-state index in [9.17, 15) is 29.1 Å². The summed E-state index contributed by atoms with van der Waals surface area (Å²) in [7, 11) is 0. The Balaban J connectivity index is 2.16. The van der Waals surface area contributed by atoms with Gasteiger partial charge in [-0.3, -0.25) is 24.2 Å². The number of rotatable bonds is 16. The number of nitrogens with two attached hydrogens (primary N) is 3. The number of H-pyrrole nitrogens is 1. The van der Waals surface area contributed by atoms with E-state index in [-0.39, 0.29) is 37.5 Å². The Morgan fingerprint density at radius 1 is 0.950 bits per heavy atom. The lowest BCUT2D eigenvalue weighted by atomic mass is 10.0. The number of thiol groups is 1. The first-order valence-corrected chi connectivity index (χ1v) is 12.9. The van der Waals surface area contributed by atoms with Crippen molar-refractivity contribution in [2.24, 2.45) is 22.2 Å². The second kappa shape index (κ2) is 15.3. The van der Waals surface area contributed by atoms with Crippen molar-refractivity contribution in [2.75, 3.05) is 12.3 Å². The number of carbonyl (C=O) groups excluding carboxylic acids is 3. The Labute approximate surface area is 234 Å². The summed E-state index contributed by atoms with van der Waals surface area (Å²) in [4.78, 5) is 68.1. The summed E-state index contributed by atoms with van der Waals surface area (Å²) in [5, 5.41) is 26.7. The van der Waals surface area contributed by atoms with Crippen LogP contribution < -0.4 is 33.2 Å². The van der Waals surface area contributed by atoms with E-state index in [2.05, 4.69) is 38.6 Å². The number of hydrogen-bond donors (Lipinski definition) is 10. The molecule has 40 heavy (non-hydrogen) atoms. The first-order chi connectivity index (χ1) is 18.9. The van der Waals surface area contributed by atoms with E-state index in [0.29, 0.717) is 5.56 Å². The Morgan fingerprint density at radius 2 is 1.57 bits per heavy atom. The number of para-hydroxylation sites is 1. The van der Waals surface area contributed by atoms with E-state index in [1.807, 2.05) is 18.2 Å². The lowest BCUT2D eigenvalue weighted by Gasteiger charge is -2.24. The predicted octanol–water partition coefficient (Wildman–Crippen LogP) is -1.97. The summed E-state index contributed by atoms with van der Waals surface area (Å²) < 4.78 is 0. The topological polar surface area (TPSA) is 268 Å². The summed E-state index contributed by atoms with van der Waals surface area (Å²) >= 11 is 4.05. The predicted molar refractivity (Wildman–Crippen MR) is 149 cm³/mol. The molecule has 12 N–H and O–H groups in total. The summed E-state index contributed by atoms with van der Waals surface area (Å²) in [6.45, 7) is 0.135. The molecule has 4 atom stereocenters. The largest absolute Gasteiger partial charge is 0.481 e. The van der Waals surface area contributed by atoms with Gasteiger partial charge < -0.3 is 48.3 Å². The van der Waals surface area contributed by atoms with Gasteiger partial charge >= 0.3 is 11.9 Å². The molecule has 0 aliphatic rings. The quantitative estimate of drug-likeness (QED) is 0.0454. The fraction of sp³-hybridized carbons (Fsp3) is 0.417. The van der Waals surface area contributed by atoms with Crippen LogP contribution in [0.1, 0.15) is 24.8 Å². The smallest absolute Gasteiger partial charge is 0.326 e. The Hall–Kier alpha value is -4.31. The summed E-state index contributed by atoms with van der Waals surface area (Å²) in [5.74, 6) is -5.42. The number of aromatic amines is 1. The number of carboxylic acid groups (broad SMARTS) is 2. The van der Waals surface area contributed by atoms with E-state index in [1.54, 1.807) is 12.3 Å². The van der Waals surface area contributed by atoms with Crippen molar-refractivity contribution in [1.82, 2.24) is 20.9 Å². The maximum atomic E-state index is 13.2. The summed E-state index contributed by atoms with van der Waals surface area (Å²) in [5.41, 5.74) is 17.7. The fourth-order valence-corrected chi connectivity index (χ4v) is 4.05. The molecule has 15 nitrogen and oxygen atoms in total. The van der Waals surface area contributed by atoms with Crippen molar-refractivity contribution in [3.05, 3.63) is 36.0 Å². The van der Waals surface area contributed by atoms with Crippen LogP contribution in [0.25, 0.3) is 10.9 Å². The molecule has 0 radical (unpaired) electrons. The molecule has 3 amide bonds. The van der Waals surface area contributed by atoms with Gasteiger partial charge in [0, 0.05) is 35.8 Å². The zero-order valence-electron chi connectivity index (χ0n) is 21.5. The standard InChI is InChI=1S/C24H34N8O7S/c25-14(9-19(33)34)20(35)32-18(11-40)22(37)30-16(6-3-7-28-24(26)27)21(36)31-17(23(38)39)8-12-10-29-15-5-2-1-4-13(12)15/h1-2,4-5,10,14,16-18,29,40H,3,6-9,11,25H2,(H,30,37)(H,31,36)(H,32,35)(H,33,34)(H,38,39)(H4,26,27,28). The Kier molecular flexibility index (Phi) is 12.2. The molecule has 4 unspecified atom stereocenters. The van der Waals surface area contributed by atoms with Gasteiger partial charge in [-0.15, -0.1) is 0 Å². The maximum Gasteiger partial charge on any atom is 0.326 e. The van der Waals surface area contributed by atoms with Crippen LogP contribution in [0.4, 0.5) is 0 Å². The zero-order chi connectivity index (χ0) is 29.8. The van der Waals surface area contributed by atoms with Gasteiger partial charge in [0.1, 0.15) is 18.1 Å². The molecular weight excluding hydrogens is 544 g/mol. The molecule has 1 heterocycles. The van der Waals surface area contributed by atoms with E-state index < -0.39 is 60.2 Å². The number of carbonyl (C=O) groups is 5. The molecule has 0 fully saturated rings. The van der Waals surface area contributed by atoms with Crippen molar-refractivity contribution in [1.29, 1.82) is 0 Å². The van der Waals surface area contributed by atoms with E-state index in [1.165, 1.54) is 0 Å². The molecule has 0 saturated carbocycles. The number of aromatic nitrogens is 1. The lowest BCUT2D eigenvalue weighted by molar-refractivity contribution is -0.142. The first kappa shape index (κ1) is 31.9. The van der Waals surface area contributed by atoms with Crippen LogP contribution in [-0.4, -0.2) is 87.3 Å². The van der Waals surface area contributed by atoms with Crippen molar-refractivity contribution in [3.8, 4) is 0 Å². The molecule has 1 aromatic heterocycles. The van der Waals surface area contributed by atoms with Crippen molar-refractivity contribution in [2.45, 2.75) is 49.9 Å². The molecule has 0 spiro atoms. The van der Waals surface area contributed by atoms with Gasteiger partial charge in [0.05, 0.1) is 12.5 Å². The number of aliphatic carboxylic acids is 2. The van der Waals surface area contributed by atoms with Crippen LogP contribution in [-0.2, 0) is 30.4 Å². The highest BCUT2D eigenvalue weighted by molar-refractivity contribution is 7.80. The number of nitrogens with one attached hydrogen (secondary N) is 4. The Morgan fingerprint density at radius 3 is 2.20 bits per heavy atom. The number of benzene rings is 1. The number of nitrogens with zero attached hydrogens (tertiary/aromatic N) is 1. The lowest BCUT2D eigenvalue weighted by Crippen LogP contribution is -2.58. The van der Waals surface area contributed by atoms with Crippen LogP contribution >= 0.6 is 12.6 Å². The van der Waals surface area contributed by atoms with Gasteiger partial charge in [0.2, 0.25) is 17.7 Å². The average Bonchev–Trinajstić information content (AvgIpc) is 3.30. The van der Waals surface area contributed by atoms with Gasteiger partial charge in [-0.25, -0.2) is 4.79 Å². The molecule has 2 aromatic rings. The molecule has 0 aliphatic heterocycles. The minimum atomic E-state index is -1.41. The van der Waals surface area contributed by atoms with Crippen LogP contribution in [0.2, 0.25) is 0 Å². The number of carboxylic acids is 2. The average molecular weight is 579 g/mol. The third-order valence-corrected chi connectivity index (χ3v) is 6.20. The monoisotopic (exact) mass is 578 g/mol. The first-order valence-electron chi connectivity index (χ1n) is 12.3. The van der Waals surface area contributed by atoms with Crippen LogP contribution in [0.3, 0.4) is 0 Å². The number of aliphatic imine (C=N–C) groups is 1. The summed E-state index contributed by atoms with van der Waals surface area (Å²) in [6, 6.07) is 2.08. The van der Waals surface area contributed by atoms with Gasteiger partial charge in [0.15, 0.2) is 5.96 Å². The second-order valence-electron chi connectivity index (χ2n) is 8.92. The van der Waals surface area contributed by atoms with E-state index in [0.717, 1.165) is 10.9 Å². The van der Waals surface area contributed by atoms with E-state index in [4.69, 9.17) is 22.3 Å². The van der Waals surface area contributed by atoms with Crippen LogP contribution in [0, 0.1) is 0 Å². The van der Waals surface area contributed by atoms with Crippen LogP contribution in [0.5, 0.6) is 0 Å². The maximum absolute atomic E-state index is 13.2. The van der Waals surface area contributed by atoms with Crippen LogP contribution in [0.15, 0.2) is 35.5 Å². The highest BCUT2D eigenvalue weighted by Crippen LogP contribution is 2.19. The number of amides is 3. The third-order valence-electron chi connectivity index (χ3n) is 5.84. The molecular formula is C24H34N8O7S. The number of fused-ring (bicyclic) bond motifs is 1. The highest BCUT2D eigenvalue weighted by Gasteiger charge is 2.30. The minimum absolute atomic E-state index is 0.0273. The van der Waals surface area contributed by atoms with E-state index >= 15 is 0 Å². The van der Waals surface area contributed by atoms with Crippen molar-refractivity contribution < 1.29 is 34.2 Å². The highest BCUT2D eigenvalue weighted by atomic mass is 32.1. The molecule has 0 aliphatic carbocycles. The normalized spacial score (nSPS) is 13.8. The number of hydrogen-bond acceptors (Lipinski definition) is 8. The molecule has 2 rings (SSSR count). The SMILES string of the molecule is NC(N)=NCCCC(NC(=O)C(CS)NC(=O)C(N)CC(=O)O)C(=O)NC(Cc1c[nH]c2ccccc12)C(=O)O. The van der Waals surface area contributed by atoms with Gasteiger partial charge in [-0.05, 0) is 24.5 Å². The summed E-state index contributed by atoms with van der Waals surface area (Å²) in [6.07, 6.45) is 1.25. The van der Waals surface area contributed by atoms with Crippen molar-refractivity contribution in [3.63, 3.8) is 0 Å². The minimum Gasteiger partial charge on any atom is -0.481 e. The molecule has 218 valence electrons. The van der Waals surface area contributed by atoms with Gasteiger partial charge in [-0.2, -0.15) is 12.6 Å².